The Labute approximate surface area is 120 Å². The van der Waals surface area contributed by atoms with Gasteiger partial charge in [-0.1, -0.05) is 50.2 Å². The van der Waals surface area contributed by atoms with E-state index in [4.69, 9.17) is 0 Å². The number of carbonyl (C=O) groups is 1. The molecule has 1 aromatic heterocycles. The number of pyridine rings is 1. The molecule has 0 saturated heterocycles. The topological polar surface area (TPSA) is 42.0 Å². The fourth-order valence-corrected chi connectivity index (χ4v) is 2.16. The summed E-state index contributed by atoms with van der Waals surface area (Å²) in [5, 5.41) is 3.08. The van der Waals surface area contributed by atoms with E-state index in [9.17, 15) is 4.79 Å². The van der Waals surface area contributed by atoms with Gasteiger partial charge in [-0.3, -0.25) is 9.78 Å². The average molecular weight is 268 g/mol. The Bertz CT molecular complexity index is 537. The maximum atomic E-state index is 12.2. The molecule has 1 atom stereocenters. The maximum absolute atomic E-state index is 12.2. The quantitative estimate of drug-likeness (QED) is 0.900. The summed E-state index contributed by atoms with van der Waals surface area (Å²) >= 11 is 0. The molecule has 0 aliphatic heterocycles. The lowest BCUT2D eigenvalue weighted by Gasteiger charge is -2.21. The molecule has 0 fully saturated rings. The second kappa shape index (κ2) is 6.85. The third-order valence-corrected chi connectivity index (χ3v) is 3.11. The van der Waals surface area contributed by atoms with Gasteiger partial charge in [-0.05, 0) is 30.0 Å². The third-order valence-electron chi connectivity index (χ3n) is 3.11. The van der Waals surface area contributed by atoms with Crippen LogP contribution in [0.15, 0.2) is 54.7 Å². The molecule has 1 amide bonds. The molecule has 2 aromatic rings. The molecule has 1 N–H and O–H groups in total. The standard InChI is InChI=1S/C17H20N2O/c1-13(2)12-16(14-8-4-3-5-9-14)19-17(20)15-10-6-7-11-18-15/h3-11,13,16H,12H2,1-2H3,(H,19,20). The second-order valence-electron chi connectivity index (χ2n) is 5.28. The second-order valence-corrected chi connectivity index (χ2v) is 5.28. The van der Waals surface area contributed by atoms with Crippen molar-refractivity contribution in [2.24, 2.45) is 5.92 Å². The molecule has 104 valence electrons. The summed E-state index contributed by atoms with van der Waals surface area (Å²) in [7, 11) is 0. The minimum atomic E-state index is -0.125. The molecule has 20 heavy (non-hydrogen) atoms. The normalized spacial score (nSPS) is 12.2. The van der Waals surface area contributed by atoms with Gasteiger partial charge in [-0.25, -0.2) is 0 Å². The predicted octanol–water partition coefficient (Wildman–Crippen LogP) is 3.60. The minimum absolute atomic E-state index is 0.0192. The SMILES string of the molecule is CC(C)CC(NC(=O)c1ccccn1)c1ccccc1. The molecule has 0 bridgehead atoms. The van der Waals surface area contributed by atoms with Crippen molar-refractivity contribution in [3.05, 3.63) is 66.0 Å². The first-order valence-corrected chi connectivity index (χ1v) is 6.93. The fraction of sp³-hybridized carbons (Fsp3) is 0.294. The summed E-state index contributed by atoms with van der Waals surface area (Å²) < 4.78 is 0. The van der Waals surface area contributed by atoms with Gasteiger partial charge in [0.1, 0.15) is 5.69 Å². The summed E-state index contributed by atoms with van der Waals surface area (Å²) in [6.45, 7) is 4.31. The molecule has 0 spiro atoms. The van der Waals surface area contributed by atoms with E-state index in [1.807, 2.05) is 36.4 Å². The Balaban J connectivity index is 2.14. The zero-order valence-electron chi connectivity index (χ0n) is 11.9. The van der Waals surface area contributed by atoms with Crippen LogP contribution in [-0.2, 0) is 0 Å². The average Bonchev–Trinajstić information content (AvgIpc) is 2.48. The Hall–Kier alpha value is -2.16. The lowest BCUT2D eigenvalue weighted by molar-refractivity contribution is 0.0927. The number of amides is 1. The molecule has 0 aliphatic carbocycles. The molecule has 1 unspecified atom stereocenters. The largest absolute Gasteiger partial charge is 0.344 e. The van der Waals surface area contributed by atoms with E-state index < -0.39 is 0 Å². The van der Waals surface area contributed by atoms with Crippen LogP contribution in [0.4, 0.5) is 0 Å². The number of nitrogens with zero attached hydrogens (tertiary/aromatic N) is 1. The summed E-state index contributed by atoms with van der Waals surface area (Å²) in [6, 6.07) is 15.4. The van der Waals surface area contributed by atoms with Crippen LogP contribution in [0.2, 0.25) is 0 Å². The summed E-state index contributed by atoms with van der Waals surface area (Å²) in [5.74, 6) is 0.379. The van der Waals surface area contributed by atoms with Crippen molar-refractivity contribution in [2.45, 2.75) is 26.3 Å². The molecule has 0 saturated carbocycles. The van der Waals surface area contributed by atoms with Crippen LogP contribution in [0.3, 0.4) is 0 Å². The minimum Gasteiger partial charge on any atom is -0.344 e. The number of hydrogen-bond acceptors (Lipinski definition) is 2. The van der Waals surface area contributed by atoms with E-state index in [-0.39, 0.29) is 11.9 Å². The van der Waals surface area contributed by atoms with Crippen LogP contribution in [0.25, 0.3) is 0 Å². The summed E-state index contributed by atoms with van der Waals surface area (Å²) in [4.78, 5) is 16.3. The van der Waals surface area contributed by atoms with E-state index in [0.29, 0.717) is 11.6 Å². The van der Waals surface area contributed by atoms with Crippen molar-refractivity contribution in [1.29, 1.82) is 0 Å². The van der Waals surface area contributed by atoms with Gasteiger partial charge in [-0.15, -0.1) is 0 Å². The number of benzene rings is 1. The van der Waals surface area contributed by atoms with Crippen molar-refractivity contribution < 1.29 is 4.79 Å². The van der Waals surface area contributed by atoms with Gasteiger partial charge in [0.25, 0.3) is 5.91 Å². The van der Waals surface area contributed by atoms with Crippen molar-refractivity contribution >= 4 is 5.91 Å². The smallest absolute Gasteiger partial charge is 0.270 e. The van der Waals surface area contributed by atoms with E-state index in [0.717, 1.165) is 12.0 Å². The van der Waals surface area contributed by atoms with Crippen LogP contribution in [0, 0.1) is 5.92 Å². The van der Waals surface area contributed by atoms with Crippen LogP contribution in [0.1, 0.15) is 42.4 Å². The van der Waals surface area contributed by atoms with Gasteiger partial charge in [-0.2, -0.15) is 0 Å². The van der Waals surface area contributed by atoms with Gasteiger partial charge < -0.3 is 5.32 Å². The highest BCUT2D eigenvalue weighted by atomic mass is 16.1. The van der Waals surface area contributed by atoms with Crippen LogP contribution < -0.4 is 5.32 Å². The molecule has 2 rings (SSSR count). The lowest BCUT2D eigenvalue weighted by Crippen LogP contribution is -2.30. The van der Waals surface area contributed by atoms with Gasteiger partial charge >= 0.3 is 0 Å². The molecule has 3 heteroatoms. The Kier molecular flexibility index (Phi) is 4.88. The van der Waals surface area contributed by atoms with Crippen molar-refractivity contribution in [1.82, 2.24) is 10.3 Å². The molecule has 0 aliphatic rings. The van der Waals surface area contributed by atoms with E-state index in [2.05, 4.69) is 24.1 Å². The first-order chi connectivity index (χ1) is 9.66. The highest BCUT2D eigenvalue weighted by Gasteiger charge is 2.17. The number of carbonyl (C=O) groups excluding carboxylic acids is 1. The van der Waals surface area contributed by atoms with E-state index in [1.54, 1.807) is 18.3 Å². The maximum Gasteiger partial charge on any atom is 0.270 e. The van der Waals surface area contributed by atoms with Crippen LogP contribution >= 0.6 is 0 Å². The molecule has 1 heterocycles. The molecule has 3 nitrogen and oxygen atoms in total. The molecule has 1 aromatic carbocycles. The summed E-state index contributed by atoms with van der Waals surface area (Å²) in [5.41, 5.74) is 1.59. The zero-order valence-corrected chi connectivity index (χ0v) is 11.9. The first kappa shape index (κ1) is 14.3. The fourth-order valence-electron chi connectivity index (χ4n) is 2.16. The highest BCUT2D eigenvalue weighted by Crippen LogP contribution is 2.21. The molecular weight excluding hydrogens is 248 g/mol. The van der Waals surface area contributed by atoms with Crippen molar-refractivity contribution in [3.8, 4) is 0 Å². The summed E-state index contributed by atoms with van der Waals surface area (Å²) in [6.07, 6.45) is 2.54. The number of aromatic nitrogens is 1. The van der Waals surface area contributed by atoms with Crippen LogP contribution in [0.5, 0.6) is 0 Å². The van der Waals surface area contributed by atoms with Crippen molar-refractivity contribution in [3.63, 3.8) is 0 Å². The third kappa shape index (κ3) is 3.92. The van der Waals surface area contributed by atoms with Gasteiger partial charge in [0.2, 0.25) is 0 Å². The Morgan fingerprint density at radius 1 is 1.10 bits per heavy atom. The highest BCUT2D eigenvalue weighted by molar-refractivity contribution is 5.92. The van der Waals surface area contributed by atoms with Crippen LogP contribution in [-0.4, -0.2) is 10.9 Å². The van der Waals surface area contributed by atoms with Crippen molar-refractivity contribution in [2.75, 3.05) is 0 Å². The van der Waals surface area contributed by atoms with Gasteiger partial charge in [0.15, 0.2) is 0 Å². The Morgan fingerprint density at radius 2 is 1.80 bits per heavy atom. The van der Waals surface area contributed by atoms with E-state index in [1.165, 1.54) is 0 Å². The molecule has 0 radical (unpaired) electrons. The van der Waals surface area contributed by atoms with Gasteiger partial charge in [0.05, 0.1) is 6.04 Å². The lowest BCUT2D eigenvalue weighted by atomic mass is 9.97. The van der Waals surface area contributed by atoms with Gasteiger partial charge in [0, 0.05) is 6.20 Å². The number of rotatable bonds is 5. The number of hydrogen-bond donors (Lipinski definition) is 1. The first-order valence-electron chi connectivity index (χ1n) is 6.93. The Morgan fingerprint density at radius 3 is 2.40 bits per heavy atom. The monoisotopic (exact) mass is 268 g/mol. The molecular formula is C17H20N2O. The zero-order chi connectivity index (χ0) is 14.4. The predicted molar refractivity (Wildman–Crippen MR) is 80.3 cm³/mol. The number of nitrogens with one attached hydrogen (secondary N) is 1. The van der Waals surface area contributed by atoms with E-state index >= 15 is 0 Å².